The molecule has 1 aromatic carbocycles. The van der Waals surface area contributed by atoms with Crippen molar-refractivity contribution in [3.05, 3.63) is 47.0 Å². The van der Waals surface area contributed by atoms with Gasteiger partial charge in [0.2, 0.25) is 5.91 Å². The number of nitrogens with one attached hydrogen (secondary N) is 3. The van der Waals surface area contributed by atoms with E-state index in [0.717, 1.165) is 24.7 Å². The average molecular weight is 410 g/mol. The summed E-state index contributed by atoms with van der Waals surface area (Å²) >= 11 is 0. The lowest BCUT2D eigenvalue weighted by molar-refractivity contribution is -0.129. The normalized spacial score (nSPS) is 16.2. The zero-order chi connectivity index (χ0) is 21.3. The molecule has 8 heteroatoms. The van der Waals surface area contributed by atoms with Gasteiger partial charge >= 0.3 is 0 Å². The van der Waals surface area contributed by atoms with Crippen LogP contribution in [0.4, 0.5) is 15.9 Å². The van der Waals surface area contributed by atoms with Crippen LogP contribution in [0.15, 0.2) is 24.4 Å². The number of fused-ring (bicyclic) bond motifs is 1. The molecule has 7 nitrogen and oxygen atoms in total. The minimum atomic E-state index is -0.394. The average Bonchev–Trinajstić information content (AvgIpc) is 3.49. The molecule has 1 amide bonds. The molecular formula is C22H27FN6O. The van der Waals surface area contributed by atoms with Crippen molar-refractivity contribution in [2.75, 3.05) is 18.9 Å². The molecule has 0 spiro atoms. The number of carbonyl (C=O) groups excluding carboxylic acids is 1. The number of halogens is 1. The highest BCUT2D eigenvalue weighted by Crippen LogP contribution is 2.34. The second-order valence-electron chi connectivity index (χ2n) is 7.94. The Labute approximate surface area is 175 Å². The number of nitrogens with zero attached hydrogens (tertiary/aromatic N) is 3. The molecule has 4 rings (SSSR count). The molecule has 0 saturated heterocycles. The fraction of sp³-hybridized carbons (Fsp3) is 0.409. The Morgan fingerprint density at radius 3 is 2.87 bits per heavy atom. The first kappa shape index (κ1) is 20.1. The standard InChI is InChI=1S/C22H27FN6O/c1-14(30)28-8-7-21-19(13-28)22(27-29(21)12-15-3-4-15)26-17-5-6-20(23)18(9-17)16(10-24)11-25-2/h5-6,9-11,15,24-25H,3-4,7-8,12-13H2,1-2H3,(H,26,27)/b16-11+,24-10?. The molecule has 1 aliphatic carbocycles. The third-order valence-electron chi connectivity index (χ3n) is 5.70. The van der Waals surface area contributed by atoms with Crippen molar-refractivity contribution in [3.63, 3.8) is 0 Å². The molecule has 0 radical (unpaired) electrons. The number of amides is 1. The summed E-state index contributed by atoms with van der Waals surface area (Å²) in [7, 11) is 1.71. The molecule has 2 aliphatic rings. The highest BCUT2D eigenvalue weighted by molar-refractivity contribution is 6.08. The van der Waals surface area contributed by atoms with Gasteiger partial charge in [-0.2, -0.15) is 5.10 Å². The summed E-state index contributed by atoms with van der Waals surface area (Å²) in [5, 5.41) is 18.6. The lowest BCUT2D eigenvalue weighted by atomic mass is 10.1. The number of carbonyl (C=O) groups is 1. The molecule has 2 aromatic rings. The van der Waals surface area contributed by atoms with E-state index in [4.69, 9.17) is 10.5 Å². The minimum absolute atomic E-state index is 0.0541. The van der Waals surface area contributed by atoms with Gasteiger partial charge in [-0.1, -0.05) is 0 Å². The Balaban J connectivity index is 1.67. The first-order chi connectivity index (χ1) is 14.5. The molecule has 1 fully saturated rings. The number of rotatable bonds is 7. The largest absolute Gasteiger partial charge is 0.393 e. The molecule has 0 atom stereocenters. The maximum absolute atomic E-state index is 14.4. The molecule has 0 unspecified atom stereocenters. The predicted octanol–water partition coefficient (Wildman–Crippen LogP) is 3.29. The Hall–Kier alpha value is -3.16. The van der Waals surface area contributed by atoms with E-state index in [1.807, 2.05) is 4.90 Å². The fourth-order valence-electron chi connectivity index (χ4n) is 3.87. The van der Waals surface area contributed by atoms with Gasteiger partial charge in [-0.05, 0) is 37.0 Å². The van der Waals surface area contributed by atoms with Gasteiger partial charge in [0.15, 0.2) is 5.82 Å². The summed E-state index contributed by atoms with van der Waals surface area (Å²) in [4.78, 5) is 13.8. The highest BCUT2D eigenvalue weighted by atomic mass is 19.1. The summed E-state index contributed by atoms with van der Waals surface area (Å²) in [5.41, 5.74) is 3.68. The van der Waals surface area contributed by atoms with E-state index in [0.29, 0.717) is 41.6 Å². The summed E-state index contributed by atoms with van der Waals surface area (Å²) in [5.74, 6) is 1.06. The van der Waals surface area contributed by atoms with Crippen LogP contribution in [0.2, 0.25) is 0 Å². The van der Waals surface area contributed by atoms with Crippen molar-refractivity contribution in [2.45, 2.75) is 39.3 Å². The van der Waals surface area contributed by atoms with Gasteiger partial charge in [-0.15, -0.1) is 0 Å². The molecule has 1 saturated carbocycles. The molecule has 1 aliphatic heterocycles. The van der Waals surface area contributed by atoms with Crippen LogP contribution in [-0.4, -0.2) is 40.4 Å². The molecular weight excluding hydrogens is 383 g/mol. The van der Waals surface area contributed by atoms with Crippen LogP contribution >= 0.6 is 0 Å². The number of benzene rings is 1. The number of hydrogen-bond acceptors (Lipinski definition) is 5. The summed E-state index contributed by atoms with van der Waals surface area (Å²) < 4.78 is 16.5. The van der Waals surface area contributed by atoms with Crippen LogP contribution in [0.25, 0.3) is 5.57 Å². The first-order valence-corrected chi connectivity index (χ1v) is 10.3. The van der Waals surface area contributed by atoms with E-state index in [2.05, 4.69) is 15.3 Å². The van der Waals surface area contributed by atoms with Crippen LogP contribution < -0.4 is 10.6 Å². The smallest absolute Gasteiger partial charge is 0.219 e. The third kappa shape index (κ3) is 4.08. The minimum Gasteiger partial charge on any atom is -0.393 e. The van der Waals surface area contributed by atoms with E-state index in [-0.39, 0.29) is 5.91 Å². The third-order valence-corrected chi connectivity index (χ3v) is 5.70. The van der Waals surface area contributed by atoms with Crippen molar-refractivity contribution in [1.29, 1.82) is 5.41 Å². The maximum Gasteiger partial charge on any atom is 0.219 e. The molecule has 3 N–H and O–H groups in total. The summed E-state index contributed by atoms with van der Waals surface area (Å²) in [6, 6.07) is 4.74. The van der Waals surface area contributed by atoms with Crippen molar-refractivity contribution >= 4 is 29.2 Å². The van der Waals surface area contributed by atoms with Crippen LogP contribution in [0.5, 0.6) is 0 Å². The fourth-order valence-corrected chi connectivity index (χ4v) is 3.87. The van der Waals surface area contributed by atoms with E-state index in [9.17, 15) is 9.18 Å². The maximum atomic E-state index is 14.4. The Bertz CT molecular complexity index is 1010. The van der Waals surface area contributed by atoms with Gasteiger partial charge < -0.3 is 20.9 Å². The SMILES string of the molecule is CN/C=C(\C=N)c1cc(Nc2nn(CC3CC3)c3c2CN(C(C)=O)CC3)ccc1F. The monoisotopic (exact) mass is 410 g/mol. The van der Waals surface area contributed by atoms with Gasteiger partial charge in [0, 0.05) is 74.0 Å². The van der Waals surface area contributed by atoms with Crippen molar-refractivity contribution in [3.8, 4) is 0 Å². The molecule has 1 aromatic heterocycles. The van der Waals surface area contributed by atoms with Crippen LogP contribution in [0.1, 0.15) is 36.6 Å². The lowest BCUT2D eigenvalue weighted by Gasteiger charge is -2.26. The number of anilines is 2. The zero-order valence-corrected chi connectivity index (χ0v) is 17.3. The van der Waals surface area contributed by atoms with Crippen LogP contribution in [0, 0.1) is 17.1 Å². The number of allylic oxidation sites excluding steroid dienone is 1. The Kier molecular flexibility index (Phi) is 5.57. The summed E-state index contributed by atoms with van der Waals surface area (Å²) in [6.07, 6.45) is 5.97. The molecule has 30 heavy (non-hydrogen) atoms. The Morgan fingerprint density at radius 2 is 2.20 bits per heavy atom. The molecule has 158 valence electrons. The van der Waals surface area contributed by atoms with Crippen LogP contribution in [-0.2, 0) is 24.3 Å². The van der Waals surface area contributed by atoms with Gasteiger partial charge in [0.25, 0.3) is 0 Å². The van der Waals surface area contributed by atoms with Crippen LogP contribution in [0.3, 0.4) is 0 Å². The lowest BCUT2D eigenvalue weighted by Crippen LogP contribution is -2.34. The van der Waals surface area contributed by atoms with E-state index in [1.165, 1.54) is 24.6 Å². The first-order valence-electron chi connectivity index (χ1n) is 10.3. The second kappa shape index (κ2) is 8.30. The van der Waals surface area contributed by atoms with E-state index < -0.39 is 5.82 Å². The predicted molar refractivity (Wildman–Crippen MR) is 115 cm³/mol. The Morgan fingerprint density at radius 1 is 1.40 bits per heavy atom. The quantitative estimate of drug-likeness (QED) is 0.612. The number of aromatic nitrogens is 2. The van der Waals surface area contributed by atoms with Crippen molar-refractivity contribution in [1.82, 2.24) is 20.0 Å². The molecule has 2 heterocycles. The molecule has 0 bridgehead atoms. The van der Waals surface area contributed by atoms with Gasteiger partial charge in [0.1, 0.15) is 5.82 Å². The van der Waals surface area contributed by atoms with E-state index in [1.54, 1.807) is 32.3 Å². The second-order valence-corrected chi connectivity index (χ2v) is 7.94. The van der Waals surface area contributed by atoms with Gasteiger partial charge in [-0.25, -0.2) is 4.39 Å². The van der Waals surface area contributed by atoms with Crippen molar-refractivity contribution < 1.29 is 9.18 Å². The number of hydrogen-bond donors (Lipinski definition) is 3. The van der Waals surface area contributed by atoms with Crippen molar-refractivity contribution in [2.24, 2.45) is 5.92 Å². The zero-order valence-electron chi connectivity index (χ0n) is 17.3. The topological polar surface area (TPSA) is 86.0 Å². The van der Waals surface area contributed by atoms with Gasteiger partial charge in [-0.3, -0.25) is 9.48 Å². The highest BCUT2D eigenvalue weighted by Gasteiger charge is 2.29. The summed E-state index contributed by atoms with van der Waals surface area (Å²) in [6.45, 7) is 3.72. The van der Waals surface area contributed by atoms with Gasteiger partial charge in [0.05, 0.1) is 6.54 Å². The van der Waals surface area contributed by atoms with E-state index >= 15 is 0 Å².